The molecule has 4 N–H and O–H groups in total. The smallest absolute Gasteiger partial charge is 0.170 e. The molecule has 0 saturated carbocycles. The highest BCUT2D eigenvalue weighted by Crippen LogP contribution is 2.08. The Hall–Kier alpha value is -2.34. The van der Waals surface area contributed by atoms with Crippen molar-refractivity contribution in [2.75, 3.05) is 6.54 Å². The van der Waals surface area contributed by atoms with E-state index in [0.717, 1.165) is 29.8 Å². The maximum atomic E-state index is 8.77. The van der Waals surface area contributed by atoms with Gasteiger partial charge in [0.15, 0.2) is 5.84 Å². The molecular formula is C14H19N5O. The van der Waals surface area contributed by atoms with Crippen LogP contribution in [0.15, 0.2) is 41.8 Å². The van der Waals surface area contributed by atoms with Crippen molar-refractivity contribution in [2.45, 2.75) is 20.0 Å². The van der Waals surface area contributed by atoms with E-state index in [-0.39, 0.29) is 5.84 Å². The van der Waals surface area contributed by atoms with Gasteiger partial charge in [0.1, 0.15) is 0 Å². The van der Waals surface area contributed by atoms with Crippen molar-refractivity contribution >= 4 is 5.84 Å². The molecule has 6 heteroatoms. The summed E-state index contributed by atoms with van der Waals surface area (Å²) in [5.74, 6) is 0.130. The lowest BCUT2D eigenvalue weighted by molar-refractivity contribution is 0.318. The van der Waals surface area contributed by atoms with Gasteiger partial charge in [-0.1, -0.05) is 29.4 Å². The van der Waals surface area contributed by atoms with Crippen molar-refractivity contribution < 1.29 is 5.21 Å². The Morgan fingerprint density at radius 2 is 2.25 bits per heavy atom. The van der Waals surface area contributed by atoms with Crippen LogP contribution in [0.1, 0.15) is 16.7 Å². The normalized spacial score (nSPS) is 11.8. The molecule has 0 bridgehead atoms. The topological polar surface area (TPSA) is 88.5 Å². The molecular weight excluding hydrogens is 254 g/mol. The largest absolute Gasteiger partial charge is 0.409 e. The van der Waals surface area contributed by atoms with Gasteiger partial charge in [0.25, 0.3) is 0 Å². The number of aryl methyl sites for hydroxylation is 1. The molecule has 0 aliphatic heterocycles. The first-order chi connectivity index (χ1) is 9.70. The molecule has 20 heavy (non-hydrogen) atoms. The minimum atomic E-state index is 0.130. The molecule has 2 rings (SSSR count). The van der Waals surface area contributed by atoms with Crippen molar-refractivity contribution in [1.82, 2.24) is 15.1 Å². The number of oxime groups is 1. The average Bonchev–Trinajstić information content (AvgIpc) is 2.89. The second-order valence-corrected chi connectivity index (χ2v) is 4.60. The summed E-state index contributed by atoms with van der Waals surface area (Å²) in [5.41, 5.74) is 8.55. The Labute approximate surface area is 117 Å². The third-order valence-electron chi connectivity index (χ3n) is 3.00. The number of aromatic nitrogens is 2. The Morgan fingerprint density at radius 3 is 2.95 bits per heavy atom. The van der Waals surface area contributed by atoms with Crippen LogP contribution in [0.5, 0.6) is 0 Å². The molecule has 0 atom stereocenters. The molecule has 0 amide bonds. The van der Waals surface area contributed by atoms with Crippen LogP contribution >= 0.6 is 0 Å². The lowest BCUT2D eigenvalue weighted by Gasteiger charge is -2.09. The second-order valence-electron chi connectivity index (χ2n) is 4.60. The summed E-state index contributed by atoms with van der Waals surface area (Å²) >= 11 is 0. The molecule has 2 aromatic rings. The minimum Gasteiger partial charge on any atom is -0.409 e. The zero-order valence-electron chi connectivity index (χ0n) is 11.5. The Morgan fingerprint density at radius 1 is 1.45 bits per heavy atom. The number of benzene rings is 1. The van der Waals surface area contributed by atoms with Crippen molar-refractivity contribution in [3.05, 3.63) is 53.3 Å². The molecule has 0 unspecified atom stereocenters. The van der Waals surface area contributed by atoms with Crippen LogP contribution in [0.2, 0.25) is 0 Å². The van der Waals surface area contributed by atoms with E-state index in [1.165, 1.54) is 0 Å². The summed E-state index contributed by atoms with van der Waals surface area (Å²) < 4.78 is 1.90. The number of nitrogens with two attached hydrogens (primary N) is 1. The third-order valence-corrected chi connectivity index (χ3v) is 3.00. The van der Waals surface area contributed by atoms with Crippen LogP contribution in [-0.4, -0.2) is 27.4 Å². The van der Waals surface area contributed by atoms with E-state index in [1.54, 1.807) is 0 Å². The fourth-order valence-corrected chi connectivity index (χ4v) is 1.98. The van der Waals surface area contributed by atoms with Gasteiger partial charge in [-0.25, -0.2) is 0 Å². The average molecular weight is 273 g/mol. The Balaban J connectivity index is 1.88. The number of amidine groups is 1. The molecule has 1 aromatic heterocycles. The lowest BCUT2D eigenvalue weighted by Crippen LogP contribution is -2.22. The molecule has 0 saturated heterocycles. The van der Waals surface area contributed by atoms with Gasteiger partial charge < -0.3 is 16.3 Å². The fourth-order valence-electron chi connectivity index (χ4n) is 1.98. The fraction of sp³-hybridized carbons (Fsp3) is 0.286. The van der Waals surface area contributed by atoms with Crippen molar-refractivity contribution in [1.29, 1.82) is 0 Å². The molecule has 0 spiro atoms. The van der Waals surface area contributed by atoms with Gasteiger partial charge >= 0.3 is 0 Å². The maximum Gasteiger partial charge on any atom is 0.170 e. The van der Waals surface area contributed by atoms with Crippen LogP contribution in [0, 0.1) is 6.92 Å². The molecule has 1 aromatic carbocycles. The number of rotatable bonds is 6. The van der Waals surface area contributed by atoms with Crippen LogP contribution < -0.4 is 11.1 Å². The molecule has 106 valence electrons. The van der Waals surface area contributed by atoms with Gasteiger partial charge in [-0.05, 0) is 18.1 Å². The lowest BCUT2D eigenvalue weighted by atomic mass is 10.1. The van der Waals surface area contributed by atoms with Crippen LogP contribution in [-0.2, 0) is 13.1 Å². The number of nitrogens with zero attached hydrogens (tertiary/aromatic N) is 3. The van der Waals surface area contributed by atoms with E-state index in [4.69, 9.17) is 10.9 Å². The van der Waals surface area contributed by atoms with Gasteiger partial charge in [0.05, 0.1) is 12.7 Å². The standard InChI is InChI=1S/C14H19N5O/c1-11-8-17-19(10-11)7-6-16-9-12-4-2-3-5-13(12)14(15)18-20/h2-5,8,10,16,20H,6-7,9H2,1H3,(H2,15,18). The highest BCUT2D eigenvalue weighted by molar-refractivity contribution is 5.98. The molecule has 0 radical (unpaired) electrons. The highest BCUT2D eigenvalue weighted by atomic mass is 16.4. The van der Waals surface area contributed by atoms with E-state index >= 15 is 0 Å². The summed E-state index contributed by atoms with van der Waals surface area (Å²) in [5, 5.41) is 19.4. The summed E-state index contributed by atoms with van der Waals surface area (Å²) in [6.45, 7) is 4.28. The van der Waals surface area contributed by atoms with Crippen LogP contribution in [0.25, 0.3) is 0 Å². The maximum absolute atomic E-state index is 8.77. The number of nitrogens with one attached hydrogen (secondary N) is 1. The van der Waals surface area contributed by atoms with Crippen molar-refractivity contribution in [3.8, 4) is 0 Å². The summed E-state index contributed by atoms with van der Waals surface area (Å²) in [6.07, 6.45) is 3.85. The number of hydrogen-bond acceptors (Lipinski definition) is 4. The monoisotopic (exact) mass is 273 g/mol. The SMILES string of the molecule is Cc1cnn(CCNCc2ccccc2/C(N)=N/O)c1. The summed E-state index contributed by atoms with van der Waals surface area (Å²) in [6, 6.07) is 7.59. The van der Waals surface area contributed by atoms with E-state index < -0.39 is 0 Å². The highest BCUT2D eigenvalue weighted by Gasteiger charge is 2.05. The minimum absolute atomic E-state index is 0.130. The Bertz CT molecular complexity index is 591. The van der Waals surface area contributed by atoms with Crippen molar-refractivity contribution in [2.24, 2.45) is 10.9 Å². The second kappa shape index (κ2) is 6.72. The number of hydrogen-bond donors (Lipinski definition) is 3. The van der Waals surface area contributed by atoms with E-state index in [0.29, 0.717) is 6.54 Å². The predicted molar refractivity (Wildman–Crippen MR) is 77.6 cm³/mol. The molecule has 0 aliphatic carbocycles. The van der Waals surface area contributed by atoms with E-state index in [2.05, 4.69) is 15.6 Å². The summed E-state index contributed by atoms with van der Waals surface area (Å²) in [7, 11) is 0. The molecule has 0 fully saturated rings. The van der Waals surface area contributed by atoms with Gasteiger partial charge in [-0.3, -0.25) is 4.68 Å². The van der Waals surface area contributed by atoms with Crippen molar-refractivity contribution in [3.63, 3.8) is 0 Å². The summed E-state index contributed by atoms with van der Waals surface area (Å²) in [4.78, 5) is 0. The first-order valence-electron chi connectivity index (χ1n) is 6.46. The van der Waals surface area contributed by atoms with Gasteiger partial charge in [0.2, 0.25) is 0 Å². The van der Waals surface area contributed by atoms with Gasteiger partial charge in [-0.2, -0.15) is 5.10 Å². The Kier molecular flexibility index (Phi) is 4.73. The first-order valence-corrected chi connectivity index (χ1v) is 6.46. The van der Waals surface area contributed by atoms with Crippen LogP contribution in [0.4, 0.5) is 0 Å². The van der Waals surface area contributed by atoms with E-state index in [1.807, 2.05) is 48.3 Å². The van der Waals surface area contributed by atoms with E-state index in [9.17, 15) is 0 Å². The third kappa shape index (κ3) is 3.58. The zero-order chi connectivity index (χ0) is 14.4. The van der Waals surface area contributed by atoms with Crippen LogP contribution in [0.3, 0.4) is 0 Å². The quantitative estimate of drug-likeness (QED) is 0.241. The molecule has 6 nitrogen and oxygen atoms in total. The molecule has 1 heterocycles. The molecule has 0 aliphatic rings. The predicted octanol–water partition coefficient (Wildman–Crippen LogP) is 1.08. The van der Waals surface area contributed by atoms with Gasteiger partial charge in [-0.15, -0.1) is 0 Å². The zero-order valence-corrected chi connectivity index (χ0v) is 11.5. The first kappa shape index (κ1) is 14.1. The van der Waals surface area contributed by atoms with Gasteiger partial charge in [0, 0.05) is 24.8 Å².